The third-order valence-corrected chi connectivity index (χ3v) is 2.53. The van der Waals surface area contributed by atoms with Crippen molar-refractivity contribution < 1.29 is 19.4 Å². The quantitative estimate of drug-likeness (QED) is 0.721. The van der Waals surface area contributed by atoms with E-state index in [1.165, 1.54) is 0 Å². The molecule has 0 fully saturated rings. The maximum atomic E-state index is 10.8. The zero-order chi connectivity index (χ0) is 13.6. The topological polar surface area (TPSA) is 67.8 Å². The van der Waals surface area contributed by atoms with Gasteiger partial charge in [-0.1, -0.05) is 0 Å². The third-order valence-electron chi connectivity index (χ3n) is 2.53. The summed E-state index contributed by atoms with van der Waals surface area (Å²) in [6.07, 6.45) is 0. The lowest BCUT2D eigenvalue weighted by atomic mass is 10.1. The number of ether oxygens (including phenoxy) is 2. The van der Waals surface area contributed by atoms with Crippen molar-refractivity contribution in [2.24, 2.45) is 0 Å². The minimum absolute atomic E-state index is 0.406. The summed E-state index contributed by atoms with van der Waals surface area (Å²) in [5.74, 6) is 0.616. The number of aliphatic carboxylic acids is 1. The Morgan fingerprint density at radius 1 is 1.28 bits per heavy atom. The number of benzene rings is 1. The first-order valence-corrected chi connectivity index (χ1v) is 5.71. The molecule has 0 unspecified atom stereocenters. The van der Waals surface area contributed by atoms with E-state index in [0.29, 0.717) is 13.2 Å². The monoisotopic (exact) mass is 253 g/mol. The van der Waals surface area contributed by atoms with Gasteiger partial charge in [-0.05, 0) is 38.1 Å². The van der Waals surface area contributed by atoms with Gasteiger partial charge in [0, 0.05) is 6.54 Å². The van der Waals surface area contributed by atoms with Gasteiger partial charge in [0.1, 0.15) is 23.6 Å². The summed E-state index contributed by atoms with van der Waals surface area (Å²) >= 11 is 0. The Morgan fingerprint density at radius 2 is 1.83 bits per heavy atom. The summed E-state index contributed by atoms with van der Waals surface area (Å²) in [4.78, 5) is 10.8. The predicted molar refractivity (Wildman–Crippen MR) is 68.2 cm³/mol. The summed E-state index contributed by atoms with van der Waals surface area (Å²) in [6.45, 7) is 4.10. The van der Waals surface area contributed by atoms with E-state index in [4.69, 9.17) is 14.6 Å². The summed E-state index contributed by atoms with van der Waals surface area (Å²) in [7, 11) is 1.60. The Hall–Kier alpha value is -1.75. The molecule has 18 heavy (non-hydrogen) atoms. The Bertz CT molecular complexity index is 386. The number of carboxylic acid groups (broad SMARTS) is 1. The predicted octanol–water partition coefficient (Wildman–Crippen LogP) is 1.53. The summed E-state index contributed by atoms with van der Waals surface area (Å²) < 4.78 is 10.5. The lowest BCUT2D eigenvalue weighted by molar-refractivity contribution is -0.143. The van der Waals surface area contributed by atoms with Crippen LogP contribution in [0.25, 0.3) is 0 Å². The first-order chi connectivity index (χ1) is 8.45. The molecular weight excluding hydrogens is 234 g/mol. The highest BCUT2D eigenvalue weighted by Crippen LogP contribution is 2.16. The molecule has 0 aliphatic rings. The van der Waals surface area contributed by atoms with Gasteiger partial charge in [-0.3, -0.25) is 10.1 Å². The standard InChI is InChI=1S/C13H19NO4/c1-13(2,12(15)16)14-8-9-18-11-6-4-10(17-3)5-7-11/h4-7,14H,8-9H2,1-3H3,(H,15,16). The Labute approximate surface area is 107 Å². The number of carboxylic acids is 1. The van der Waals surface area contributed by atoms with Gasteiger partial charge in [0.05, 0.1) is 7.11 Å². The fraction of sp³-hybridized carbons (Fsp3) is 0.462. The fourth-order valence-electron chi connectivity index (χ4n) is 1.28. The van der Waals surface area contributed by atoms with E-state index in [2.05, 4.69) is 5.32 Å². The second-order valence-corrected chi connectivity index (χ2v) is 4.38. The van der Waals surface area contributed by atoms with Gasteiger partial charge in [-0.15, -0.1) is 0 Å². The van der Waals surface area contributed by atoms with Gasteiger partial charge in [0.2, 0.25) is 0 Å². The van der Waals surface area contributed by atoms with Crippen LogP contribution in [0.4, 0.5) is 0 Å². The minimum atomic E-state index is -0.941. The van der Waals surface area contributed by atoms with E-state index in [1.807, 2.05) is 12.1 Å². The zero-order valence-corrected chi connectivity index (χ0v) is 10.9. The molecule has 0 bridgehead atoms. The maximum Gasteiger partial charge on any atom is 0.323 e. The van der Waals surface area contributed by atoms with Crippen LogP contribution >= 0.6 is 0 Å². The number of nitrogens with one attached hydrogen (secondary N) is 1. The first kappa shape index (κ1) is 14.3. The molecule has 2 N–H and O–H groups in total. The minimum Gasteiger partial charge on any atom is -0.497 e. The molecule has 1 aromatic rings. The van der Waals surface area contributed by atoms with Crippen LogP contribution in [0, 0.1) is 0 Å². The van der Waals surface area contributed by atoms with Crippen LogP contribution in [0.5, 0.6) is 11.5 Å². The van der Waals surface area contributed by atoms with Crippen LogP contribution < -0.4 is 14.8 Å². The summed E-state index contributed by atoms with van der Waals surface area (Å²) in [5, 5.41) is 11.8. The zero-order valence-electron chi connectivity index (χ0n) is 10.9. The first-order valence-electron chi connectivity index (χ1n) is 5.71. The van der Waals surface area contributed by atoms with Gasteiger partial charge in [0.25, 0.3) is 0 Å². The van der Waals surface area contributed by atoms with Crippen molar-refractivity contribution in [3.05, 3.63) is 24.3 Å². The van der Waals surface area contributed by atoms with Crippen molar-refractivity contribution >= 4 is 5.97 Å². The second-order valence-electron chi connectivity index (χ2n) is 4.38. The normalized spacial score (nSPS) is 11.1. The van der Waals surface area contributed by atoms with Gasteiger partial charge >= 0.3 is 5.97 Å². The second kappa shape index (κ2) is 6.26. The Morgan fingerprint density at radius 3 is 2.33 bits per heavy atom. The van der Waals surface area contributed by atoms with E-state index in [9.17, 15) is 4.79 Å². The molecule has 0 radical (unpaired) electrons. The Kier molecular flexibility index (Phi) is 4.97. The van der Waals surface area contributed by atoms with Gasteiger partial charge < -0.3 is 14.6 Å². The van der Waals surface area contributed by atoms with E-state index < -0.39 is 11.5 Å². The van der Waals surface area contributed by atoms with E-state index in [0.717, 1.165) is 11.5 Å². The van der Waals surface area contributed by atoms with Crippen LogP contribution in [0.2, 0.25) is 0 Å². The van der Waals surface area contributed by atoms with Gasteiger partial charge in [-0.2, -0.15) is 0 Å². The molecule has 0 amide bonds. The molecule has 0 aliphatic carbocycles. The fourth-order valence-corrected chi connectivity index (χ4v) is 1.28. The number of hydrogen-bond acceptors (Lipinski definition) is 4. The summed E-state index contributed by atoms with van der Waals surface area (Å²) in [6, 6.07) is 7.23. The van der Waals surface area contributed by atoms with E-state index in [-0.39, 0.29) is 0 Å². The molecule has 5 nitrogen and oxygen atoms in total. The molecule has 0 saturated heterocycles. The highest BCUT2D eigenvalue weighted by molar-refractivity contribution is 5.77. The summed E-state index contributed by atoms with van der Waals surface area (Å²) in [5.41, 5.74) is -0.941. The molecule has 0 atom stereocenters. The molecule has 1 rings (SSSR count). The average molecular weight is 253 g/mol. The number of carbonyl (C=O) groups is 1. The van der Waals surface area contributed by atoms with E-state index >= 15 is 0 Å². The van der Waals surface area contributed by atoms with Gasteiger partial charge in [-0.25, -0.2) is 0 Å². The van der Waals surface area contributed by atoms with Crippen LogP contribution in [0.3, 0.4) is 0 Å². The number of rotatable bonds is 7. The molecule has 5 heteroatoms. The SMILES string of the molecule is COc1ccc(OCCNC(C)(C)C(=O)O)cc1. The molecule has 0 aliphatic heterocycles. The molecule has 0 aromatic heterocycles. The van der Waals surface area contributed by atoms with Crippen molar-refractivity contribution in [1.82, 2.24) is 5.32 Å². The van der Waals surface area contributed by atoms with Crippen LogP contribution in [-0.4, -0.2) is 36.9 Å². The van der Waals surface area contributed by atoms with Crippen molar-refractivity contribution in [3.63, 3.8) is 0 Å². The van der Waals surface area contributed by atoms with Crippen molar-refractivity contribution in [1.29, 1.82) is 0 Å². The molecule has 1 aromatic carbocycles. The maximum absolute atomic E-state index is 10.8. The third kappa shape index (κ3) is 4.25. The molecule has 0 saturated carbocycles. The molecule has 100 valence electrons. The van der Waals surface area contributed by atoms with Crippen molar-refractivity contribution in [2.45, 2.75) is 19.4 Å². The lowest BCUT2D eigenvalue weighted by Gasteiger charge is -2.20. The highest BCUT2D eigenvalue weighted by atomic mass is 16.5. The molecule has 0 heterocycles. The van der Waals surface area contributed by atoms with Crippen LogP contribution in [0.15, 0.2) is 24.3 Å². The largest absolute Gasteiger partial charge is 0.497 e. The molecule has 0 spiro atoms. The molecular formula is C13H19NO4. The van der Waals surface area contributed by atoms with Crippen LogP contribution in [-0.2, 0) is 4.79 Å². The highest BCUT2D eigenvalue weighted by Gasteiger charge is 2.25. The van der Waals surface area contributed by atoms with E-state index in [1.54, 1.807) is 33.1 Å². The van der Waals surface area contributed by atoms with Crippen molar-refractivity contribution in [3.8, 4) is 11.5 Å². The smallest absolute Gasteiger partial charge is 0.323 e. The van der Waals surface area contributed by atoms with Crippen molar-refractivity contribution in [2.75, 3.05) is 20.3 Å². The lowest BCUT2D eigenvalue weighted by Crippen LogP contribution is -2.48. The van der Waals surface area contributed by atoms with Crippen LogP contribution in [0.1, 0.15) is 13.8 Å². The number of methoxy groups -OCH3 is 1. The van der Waals surface area contributed by atoms with Gasteiger partial charge in [0.15, 0.2) is 0 Å². The average Bonchev–Trinajstić information content (AvgIpc) is 2.35. The number of hydrogen-bond donors (Lipinski definition) is 2. The Balaban J connectivity index is 2.31.